The van der Waals surface area contributed by atoms with Crippen molar-refractivity contribution in [1.82, 2.24) is 9.80 Å². The van der Waals surface area contributed by atoms with Crippen molar-refractivity contribution < 1.29 is 0 Å². The first kappa shape index (κ1) is 14.7. The molecule has 2 nitrogen and oxygen atoms in total. The number of rotatable bonds is 3. The standard InChI is InChI=1S/C20H30N2/c1-16-19-15-17-7-3-4-8-18(17)20(16,2)9-12-22(19)14-13-21-10-5-6-11-21/h3-4,7-8,16,19H,5-6,9-15H2,1-2H3/t16-,19+,20+/m1/s1. The summed E-state index contributed by atoms with van der Waals surface area (Å²) < 4.78 is 0. The van der Waals surface area contributed by atoms with Crippen molar-refractivity contribution in [2.24, 2.45) is 5.92 Å². The molecule has 2 fully saturated rings. The van der Waals surface area contributed by atoms with E-state index in [1.54, 1.807) is 11.1 Å². The molecule has 2 saturated heterocycles. The van der Waals surface area contributed by atoms with Gasteiger partial charge in [0.25, 0.3) is 0 Å². The topological polar surface area (TPSA) is 6.48 Å². The van der Waals surface area contributed by atoms with Crippen LogP contribution in [0, 0.1) is 5.92 Å². The van der Waals surface area contributed by atoms with Crippen molar-refractivity contribution in [2.75, 3.05) is 32.7 Å². The molecule has 22 heavy (non-hydrogen) atoms. The molecule has 4 rings (SSSR count). The number of likely N-dealkylation sites (tertiary alicyclic amines) is 2. The Bertz CT molecular complexity index is 534. The highest BCUT2D eigenvalue weighted by atomic mass is 15.2. The van der Waals surface area contributed by atoms with Crippen molar-refractivity contribution >= 4 is 0 Å². The van der Waals surface area contributed by atoms with E-state index in [9.17, 15) is 0 Å². The second-order valence-corrected chi connectivity index (χ2v) is 7.97. The van der Waals surface area contributed by atoms with Gasteiger partial charge in [0.1, 0.15) is 0 Å². The Morgan fingerprint density at radius 2 is 1.86 bits per heavy atom. The van der Waals surface area contributed by atoms with Crippen molar-refractivity contribution in [3.05, 3.63) is 35.4 Å². The number of nitrogens with zero attached hydrogens (tertiary/aromatic N) is 2. The summed E-state index contributed by atoms with van der Waals surface area (Å²) in [5, 5.41) is 0. The van der Waals surface area contributed by atoms with Gasteiger partial charge in [-0.25, -0.2) is 0 Å². The number of hydrogen-bond acceptors (Lipinski definition) is 2. The van der Waals surface area contributed by atoms with Crippen LogP contribution in [0.2, 0.25) is 0 Å². The minimum atomic E-state index is 0.393. The fraction of sp³-hybridized carbons (Fsp3) is 0.700. The summed E-state index contributed by atoms with van der Waals surface area (Å²) in [6.45, 7) is 11.5. The molecule has 3 aliphatic rings. The van der Waals surface area contributed by atoms with Crippen molar-refractivity contribution in [2.45, 2.75) is 51.0 Å². The van der Waals surface area contributed by atoms with Crippen LogP contribution >= 0.6 is 0 Å². The summed E-state index contributed by atoms with van der Waals surface area (Å²) in [6.07, 6.45) is 5.39. The van der Waals surface area contributed by atoms with Gasteiger partial charge in [0.05, 0.1) is 0 Å². The first-order valence-corrected chi connectivity index (χ1v) is 9.23. The highest BCUT2D eigenvalue weighted by Crippen LogP contribution is 2.48. The van der Waals surface area contributed by atoms with E-state index in [4.69, 9.17) is 0 Å². The molecule has 1 aliphatic carbocycles. The van der Waals surface area contributed by atoms with Crippen LogP contribution in [0.5, 0.6) is 0 Å². The van der Waals surface area contributed by atoms with Gasteiger partial charge in [-0.05, 0) is 67.8 Å². The van der Waals surface area contributed by atoms with Gasteiger partial charge in [0, 0.05) is 19.1 Å². The summed E-state index contributed by atoms with van der Waals surface area (Å²) in [7, 11) is 0. The number of hydrogen-bond donors (Lipinski definition) is 0. The molecule has 2 aliphatic heterocycles. The second-order valence-electron chi connectivity index (χ2n) is 7.97. The van der Waals surface area contributed by atoms with Gasteiger partial charge in [0.15, 0.2) is 0 Å². The third-order valence-electron chi connectivity index (χ3n) is 6.93. The average Bonchev–Trinajstić information content (AvgIpc) is 3.03. The summed E-state index contributed by atoms with van der Waals surface area (Å²) in [4.78, 5) is 5.47. The minimum Gasteiger partial charge on any atom is -0.302 e. The van der Waals surface area contributed by atoms with Gasteiger partial charge in [-0.3, -0.25) is 4.90 Å². The van der Waals surface area contributed by atoms with Crippen LogP contribution in [0.1, 0.15) is 44.2 Å². The number of piperidine rings is 1. The zero-order valence-corrected chi connectivity index (χ0v) is 14.2. The molecular formula is C20H30N2. The molecule has 0 radical (unpaired) electrons. The third-order valence-corrected chi connectivity index (χ3v) is 6.93. The molecule has 3 atom stereocenters. The molecule has 0 N–H and O–H groups in total. The van der Waals surface area contributed by atoms with Crippen molar-refractivity contribution in [3.63, 3.8) is 0 Å². The predicted molar refractivity (Wildman–Crippen MR) is 92.3 cm³/mol. The van der Waals surface area contributed by atoms with Gasteiger partial charge in [-0.2, -0.15) is 0 Å². The Kier molecular flexibility index (Phi) is 3.78. The summed E-state index contributed by atoms with van der Waals surface area (Å²) in [5.74, 6) is 0.773. The third kappa shape index (κ3) is 2.32. The Morgan fingerprint density at radius 1 is 1.09 bits per heavy atom. The van der Waals surface area contributed by atoms with Crippen LogP contribution in [0.15, 0.2) is 24.3 Å². The maximum atomic E-state index is 2.81. The molecule has 2 heteroatoms. The molecule has 0 saturated carbocycles. The van der Waals surface area contributed by atoms with Crippen molar-refractivity contribution in [1.29, 1.82) is 0 Å². The SMILES string of the molecule is C[C@@H]1[C@@H]2Cc3ccccc3[C@@]1(C)CCN2CCN1CCCC1. The lowest BCUT2D eigenvalue weighted by Crippen LogP contribution is -2.58. The van der Waals surface area contributed by atoms with Gasteiger partial charge in [-0.1, -0.05) is 38.1 Å². The maximum absolute atomic E-state index is 2.81. The normalized spacial score (nSPS) is 35.5. The lowest BCUT2D eigenvalue weighted by molar-refractivity contribution is 0.0266. The Morgan fingerprint density at radius 3 is 2.68 bits per heavy atom. The first-order valence-electron chi connectivity index (χ1n) is 9.23. The predicted octanol–water partition coefficient (Wildman–Crippen LogP) is 3.31. The van der Waals surface area contributed by atoms with E-state index >= 15 is 0 Å². The summed E-state index contributed by atoms with van der Waals surface area (Å²) in [5.41, 5.74) is 3.64. The van der Waals surface area contributed by atoms with Crippen LogP contribution in [0.4, 0.5) is 0 Å². The first-order chi connectivity index (χ1) is 10.7. The van der Waals surface area contributed by atoms with E-state index in [1.807, 2.05) is 0 Å². The van der Waals surface area contributed by atoms with Crippen LogP contribution in [0.25, 0.3) is 0 Å². The van der Waals surface area contributed by atoms with Crippen molar-refractivity contribution in [3.8, 4) is 0 Å². The highest BCUT2D eigenvalue weighted by Gasteiger charge is 2.47. The monoisotopic (exact) mass is 298 g/mol. The van der Waals surface area contributed by atoms with E-state index in [0.717, 1.165) is 12.0 Å². The molecule has 0 unspecified atom stereocenters. The zero-order chi connectivity index (χ0) is 15.2. The van der Waals surface area contributed by atoms with E-state index in [-0.39, 0.29) is 0 Å². The molecule has 0 amide bonds. The van der Waals surface area contributed by atoms with E-state index in [0.29, 0.717) is 5.41 Å². The zero-order valence-electron chi connectivity index (χ0n) is 14.2. The largest absolute Gasteiger partial charge is 0.302 e. The molecule has 1 aromatic carbocycles. The lowest BCUT2D eigenvalue weighted by Gasteiger charge is -2.54. The average molecular weight is 298 g/mol. The fourth-order valence-corrected chi connectivity index (χ4v) is 5.23. The van der Waals surface area contributed by atoms with E-state index in [1.165, 1.54) is 58.4 Å². The molecule has 0 aromatic heterocycles. The molecule has 1 aromatic rings. The molecule has 120 valence electrons. The number of benzene rings is 1. The van der Waals surface area contributed by atoms with Crippen LogP contribution in [-0.2, 0) is 11.8 Å². The quantitative estimate of drug-likeness (QED) is 0.845. The Labute approximate surface area is 135 Å². The molecular weight excluding hydrogens is 268 g/mol. The fourth-order valence-electron chi connectivity index (χ4n) is 5.23. The molecule has 2 heterocycles. The summed E-state index contributed by atoms with van der Waals surface area (Å²) >= 11 is 0. The smallest absolute Gasteiger partial charge is 0.0170 e. The van der Waals surface area contributed by atoms with Crippen LogP contribution in [-0.4, -0.2) is 48.6 Å². The second kappa shape index (κ2) is 5.65. The number of fused-ring (bicyclic) bond motifs is 4. The summed E-state index contributed by atoms with van der Waals surface area (Å²) in [6, 6.07) is 9.97. The van der Waals surface area contributed by atoms with Gasteiger partial charge < -0.3 is 4.90 Å². The van der Waals surface area contributed by atoms with Gasteiger partial charge >= 0.3 is 0 Å². The van der Waals surface area contributed by atoms with E-state index in [2.05, 4.69) is 47.9 Å². The molecule has 2 bridgehead atoms. The highest BCUT2D eigenvalue weighted by molar-refractivity contribution is 5.39. The van der Waals surface area contributed by atoms with Crippen LogP contribution in [0.3, 0.4) is 0 Å². The lowest BCUT2D eigenvalue weighted by atomic mass is 9.59. The van der Waals surface area contributed by atoms with Gasteiger partial charge in [-0.15, -0.1) is 0 Å². The van der Waals surface area contributed by atoms with Gasteiger partial charge in [0.2, 0.25) is 0 Å². The minimum absolute atomic E-state index is 0.393. The Hall–Kier alpha value is -0.860. The van der Waals surface area contributed by atoms with E-state index < -0.39 is 0 Å². The van der Waals surface area contributed by atoms with Crippen LogP contribution < -0.4 is 0 Å². The maximum Gasteiger partial charge on any atom is 0.0170 e. The molecule has 0 spiro atoms. The Balaban J connectivity index is 1.53.